The molecule has 16 heavy (non-hydrogen) atoms. The summed E-state index contributed by atoms with van der Waals surface area (Å²) in [4.78, 5) is 0. The van der Waals surface area contributed by atoms with Crippen LogP contribution in [-0.4, -0.2) is 18.3 Å². The van der Waals surface area contributed by atoms with E-state index in [2.05, 4.69) is 6.07 Å². The highest BCUT2D eigenvalue weighted by atomic mass is 32.1. The van der Waals surface area contributed by atoms with Gasteiger partial charge in [-0.15, -0.1) is 0 Å². The molecule has 2 heterocycles. The molecule has 0 N–H and O–H groups in total. The second kappa shape index (κ2) is 3.59. The van der Waals surface area contributed by atoms with E-state index in [1.165, 1.54) is 11.3 Å². The first kappa shape index (κ1) is 11.7. The predicted octanol–water partition coefficient (Wildman–Crippen LogP) is 1.92. The van der Waals surface area contributed by atoms with Crippen molar-refractivity contribution in [3.05, 3.63) is 17.0 Å². The maximum absolute atomic E-state index is 8.97. The normalized spacial score (nSPS) is 22.1. The van der Waals surface area contributed by atoms with Crippen LogP contribution in [0.15, 0.2) is 11.4 Å². The van der Waals surface area contributed by atoms with E-state index in [1.54, 1.807) is 6.07 Å². The maximum Gasteiger partial charge on any atom is 0.506 e. The molecule has 1 aromatic heterocycles. The molecule has 0 bridgehead atoms. The van der Waals surface area contributed by atoms with E-state index in [1.807, 2.05) is 33.1 Å². The Kier molecular flexibility index (Phi) is 2.62. The van der Waals surface area contributed by atoms with Gasteiger partial charge in [0.15, 0.2) is 0 Å². The molecule has 0 radical (unpaired) electrons. The molecule has 3 nitrogen and oxygen atoms in total. The van der Waals surface area contributed by atoms with Gasteiger partial charge in [0, 0.05) is 0 Å². The molecule has 0 unspecified atom stereocenters. The fraction of sp³-hybridized carbons (Fsp3) is 0.545. The van der Waals surface area contributed by atoms with Crippen molar-refractivity contribution in [3.8, 4) is 6.07 Å². The van der Waals surface area contributed by atoms with Crippen LogP contribution in [0.2, 0.25) is 0 Å². The zero-order valence-electron chi connectivity index (χ0n) is 9.90. The van der Waals surface area contributed by atoms with Crippen molar-refractivity contribution in [3.63, 3.8) is 0 Å². The van der Waals surface area contributed by atoms with Crippen LogP contribution in [0.25, 0.3) is 0 Å². The van der Waals surface area contributed by atoms with Crippen LogP contribution in [-0.2, 0) is 9.31 Å². The minimum Gasteiger partial charge on any atom is -0.399 e. The summed E-state index contributed by atoms with van der Waals surface area (Å²) in [6.45, 7) is 8.03. The summed E-state index contributed by atoms with van der Waals surface area (Å²) in [7, 11) is -0.417. The fourth-order valence-corrected chi connectivity index (χ4v) is 2.34. The Labute approximate surface area is 100 Å². The number of hydrogen-bond acceptors (Lipinski definition) is 4. The first-order valence-electron chi connectivity index (χ1n) is 5.20. The van der Waals surface area contributed by atoms with E-state index in [-0.39, 0.29) is 11.2 Å². The molecule has 1 aliphatic heterocycles. The van der Waals surface area contributed by atoms with Gasteiger partial charge in [-0.25, -0.2) is 0 Å². The summed E-state index contributed by atoms with van der Waals surface area (Å²) in [6, 6.07) is 3.95. The molecule has 1 aromatic rings. The minimum atomic E-state index is -0.417. The molecule has 2 rings (SSSR count). The van der Waals surface area contributed by atoms with Crippen molar-refractivity contribution in [1.82, 2.24) is 0 Å². The highest BCUT2D eigenvalue weighted by molar-refractivity contribution is 7.21. The van der Waals surface area contributed by atoms with Gasteiger partial charge >= 0.3 is 7.12 Å². The molecule has 0 saturated carbocycles. The molecule has 0 spiro atoms. The second-order valence-corrected chi connectivity index (χ2v) is 5.85. The van der Waals surface area contributed by atoms with Crippen LogP contribution >= 0.6 is 11.3 Å². The summed E-state index contributed by atoms with van der Waals surface area (Å²) in [5.41, 5.74) is -0.0635. The van der Waals surface area contributed by atoms with Crippen molar-refractivity contribution in [2.45, 2.75) is 38.9 Å². The Morgan fingerprint density at radius 1 is 1.25 bits per heavy atom. The smallest absolute Gasteiger partial charge is 0.399 e. The fourth-order valence-electron chi connectivity index (χ4n) is 1.55. The van der Waals surface area contributed by atoms with E-state index < -0.39 is 7.12 Å². The van der Waals surface area contributed by atoms with Crippen LogP contribution in [0.4, 0.5) is 0 Å². The monoisotopic (exact) mass is 235 g/mol. The van der Waals surface area contributed by atoms with Crippen molar-refractivity contribution in [2.75, 3.05) is 0 Å². The highest BCUT2D eigenvalue weighted by Crippen LogP contribution is 2.37. The van der Waals surface area contributed by atoms with Crippen LogP contribution in [0, 0.1) is 11.3 Å². The van der Waals surface area contributed by atoms with Gasteiger partial charge in [-0.3, -0.25) is 0 Å². The average Bonchev–Trinajstić information content (AvgIpc) is 2.69. The summed E-state index contributed by atoms with van der Waals surface area (Å²) in [5, 5.41) is 10.9. The minimum absolute atomic E-state index is 0.353. The highest BCUT2D eigenvalue weighted by Gasteiger charge is 2.52. The number of rotatable bonds is 1. The molecule has 1 fully saturated rings. The molecular formula is C11H14BNO2S. The first-order valence-corrected chi connectivity index (χ1v) is 6.08. The Bertz CT molecular complexity index is 431. The zero-order valence-corrected chi connectivity index (χ0v) is 10.7. The predicted molar refractivity (Wildman–Crippen MR) is 64.8 cm³/mol. The summed E-state index contributed by atoms with van der Waals surface area (Å²) >= 11 is 1.50. The Hall–Kier alpha value is -0.825. The van der Waals surface area contributed by atoms with E-state index in [0.29, 0.717) is 5.56 Å². The maximum atomic E-state index is 8.97. The van der Waals surface area contributed by atoms with Crippen molar-refractivity contribution < 1.29 is 9.31 Å². The lowest BCUT2D eigenvalue weighted by Crippen LogP contribution is -2.41. The summed E-state index contributed by atoms with van der Waals surface area (Å²) in [5.74, 6) is 0. The number of nitriles is 1. The van der Waals surface area contributed by atoms with Crippen LogP contribution in [0.5, 0.6) is 0 Å². The number of nitrogens with zero attached hydrogens (tertiary/aromatic N) is 1. The Morgan fingerprint density at radius 2 is 1.81 bits per heavy atom. The lowest BCUT2D eigenvalue weighted by Gasteiger charge is -2.32. The molecule has 0 aliphatic carbocycles. The molecule has 0 aromatic carbocycles. The van der Waals surface area contributed by atoms with Gasteiger partial charge in [-0.2, -0.15) is 16.6 Å². The Morgan fingerprint density at radius 3 is 2.31 bits per heavy atom. The van der Waals surface area contributed by atoms with Gasteiger partial charge in [-0.05, 0) is 39.1 Å². The summed E-state index contributed by atoms with van der Waals surface area (Å²) in [6.07, 6.45) is 0. The Balaban J connectivity index is 2.31. The third-order valence-electron chi connectivity index (χ3n) is 3.28. The molecule has 84 valence electrons. The third kappa shape index (κ3) is 1.67. The van der Waals surface area contributed by atoms with Crippen LogP contribution in [0.1, 0.15) is 33.3 Å². The van der Waals surface area contributed by atoms with Crippen molar-refractivity contribution in [2.24, 2.45) is 0 Å². The van der Waals surface area contributed by atoms with E-state index in [0.717, 1.165) is 4.78 Å². The van der Waals surface area contributed by atoms with Crippen LogP contribution < -0.4 is 4.78 Å². The van der Waals surface area contributed by atoms with Gasteiger partial charge in [0.1, 0.15) is 0 Å². The largest absolute Gasteiger partial charge is 0.506 e. The van der Waals surface area contributed by atoms with Gasteiger partial charge in [-0.1, -0.05) is 0 Å². The number of hydrogen-bond donors (Lipinski definition) is 0. The standard InChI is InChI=1S/C11H14BNO2S/c1-10(2)11(3,4)15-12(14-10)9-8(7-13)5-6-16-9/h5-6H,1-4H3. The molecular weight excluding hydrogens is 221 g/mol. The zero-order chi connectivity index (χ0) is 12.0. The van der Waals surface area contributed by atoms with Crippen molar-refractivity contribution in [1.29, 1.82) is 5.26 Å². The lowest BCUT2D eigenvalue weighted by molar-refractivity contribution is 0.00578. The second-order valence-electron chi connectivity index (χ2n) is 4.90. The average molecular weight is 235 g/mol. The molecule has 0 atom stereocenters. The van der Waals surface area contributed by atoms with Crippen LogP contribution in [0.3, 0.4) is 0 Å². The first-order chi connectivity index (χ1) is 7.37. The summed E-state index contributed by atoms with van der Waals surface area (Å²) < 4.78 is 12.6. The molecule has 5 heteroatoms. The van der Waals surface area contributed by atoms with E-state index >= 15 is 0 Å². The topological polar surface area (TPSA) is 42.2 Å². The van der Waals surface area contributed by atoms with Gasteiger partial charge in [0.25, 0.3) is 0 Å². The quantitative estimate of drug-likeness (QED) is 0.698. The van der Waals surface area contributed by atoms with Gasteiger partial charge in [0.05, 0.1) is 27.6 Å². The van der Waals surface area contributed by atoms with E-state index in [4.69, 9.17) is 14.6 Å². The van der Waals surface area contributed by atoms with Gasteiger partial charge in [0.2, 0.25) is 0 Å². The molecule has 0 amide bonds. The molecule has 1 aliphatic rings. The SMILES string of the molecule is CC1(C)OB(c2sccc2C#N)OC1(C)C. The van der Waals surface area contributed by atoms with Gasteiger partial charge < -0.3 is 9.31 Å². The lowest BCUT2D eigenvalue weighted by atomic mass is 9.85. The van der Waals surface area contributed by atoms with E-state index in [9.17, 15) is 0 Å². The number of thiophene rings is 1. The third-order valence-corrected chi connectivity index (χ3v) is 4.22. The van der Waals surface area contributed by atoms with Crippen molar-refractivity contribution >= 4 is 23.2 Å². The molecule has 1 saturated heterocycles.